The zero-order chi connectivity index (χ0) is 21.9. The van der Waals surface area contributed by atoms with Gasteiger partial charge in [0.25, 0.3) is 0 Å². The molecule has 7 nitrogen and oxygen atoms in total. The molecule has 0 bridgehead atoms. The van der Waals surface area contributed by atoms with Crippen molar-refractivity contribution in [3.05, 3.63) is 50.4 Å². The standard InChI is InChI=1S/C21H27Cl2N4O3/c1-14(28)30-10-6-4-2-3-5-7-16-19(12-24)26-21(27-20(16)29)25-13-15-8-9-17(22)18(23)11-15/h8-9,11-12,21,24,26H,2-7,10,13H2,1H3,(H,27,29)/q-1. The average molecular weight is 454 g/mol. The van der Waals surface area contributed by atoms with Crippen LogP contribution in [0, 0.1) is 5.41 Å². The molecule has 1 unspecified atom stereocenters. The Kier molecular flexibility index (Phi) is 10.1. The molecule has 1 aliphatic rings. The van der Waals surface area contributed by atoms with E-state index in [0.29, 0.717) is 40.9 Å². The van der Waals surface area contributed by atoms with Gasteiger partial charge in [0.15, 0.2) is 0 Å². The number of allylic oxidation sites excluding steroid dienone is 1. The molecule has 0 spiro atoms. The van der Waals surface area contributed by atoms with Crippen LogP contribution in [0.25, 0.3) is 5.32 Å². The summed E-state index contributed by atoms with van der Waals surface area (Å²) in [4.78, 5) is 23.2. The molecule has 0 fully saturated rings. The number of halogens is 2. The first kappa shape index (κ1) is 24.2. The Morgan fingerprint density at radius 2 is 1.90 bits per heavy atom. The van der Waals surface area contributed by atoms with Gasteiger partial charge < -0.3 is 26.1 Å². The summed E-state index contributed by atoms with van der Waals surface area (Å²) >= 11 is 11.9. The molecule has 1 heterocycles. The maximum Gasteiger partial charge on any atom is 0.302 e. The molecule has 0 radical (unpaired) electrons. The topological polar surface area (TPSA) is 105 Å². The maximum atomic E-state index is 12.5. The number of ether oxygens (including phenoxy) is 1. The van der Waals surface area contributed by atoms with Crippen molar-refractivity contribution < 1.29 is 14.3 Å². The summed E-state index contributed by atoms with van der Waals surface area (Å²) in [5.41, 5.74) is 1.95. The fraction of sp³-hybridized carbons (Fsp3) is 0.476. The van der Waals surface area contributed by atoms with Crippen molar-refractivity contribution in [3.63, 3.8) is 0 Å². The van der Waals surface area contributed by atoms with Gasteiger partial charge >= 0.3 is 5.97 Å². The van der Waals surface area contributed by atoms with Gasteiger partial charge in [-0.05, 0) is 31.4 Å². The van der Waals surface area contributed by atoms with Crippen LogP contribution in [0.5, 0.6) is 0 Å². The minimum Gasteiger partial charge on any atom is -0.621 e. The molecule has 2 rings (SSSR count). The lowest BCUT2D eigenvalue weighted by molar-refractivity contribution is -0.141. The van der Waals surface area contributed by atoms with Crippen molar-refractivity contribution in [2.45, 2.75) is 58.3 Å². The Morgan fingerprint density at radius 3 is 2.60 bits per heavy atom. The Balaban J connectivity index is 1.76. The van der Waals surface area contributed by atoms with Gasteiger partial charge in [0.2, 0.25) is 5.91 Å². The minimum atomic E-state index is -0.603. The van der Waals surface area contributed by atoms with Crippen LogP contribution in [0.4, 0.5) is 0 Å². The monoisotopic (exact) mass is 453 g/mol. The van der Waals surface area contributed by atoms with Crippen molar-refractivity contribution in [1.29, 1.82) is 5.41 Å². The Bertz CT molecular complexity index is 798. The molecule has 0 saturated carbocycles. The van der Waals surface area contributed by atoms with Gasteiger partial charge in [-0.2, -0.15) is 0 Å². The summed E-state index contributed by atoms with van der Waals surface area (Å²) in [6, 6.07) is 5.27. The number of carbonyl (C=O) groups is 2. The molecule has 164 valence electrons. The second kappa shape index (κ2) is 12.6. The zero-order valence-corrected chi connectivity index (χ0v) is 18.5. The van der Waals surface area contributed by atoms with E-state index < -0.39 is 6.29 Å². The van der Waals surface area contributed by atoms with E-state index in [4.69, 9.17) is 33.3 Å². The van der Waals surface area contributed by atoms with Crippen LogP contribution in [0.3, 0.4) is 0 Å². The zero-order valence-electron chi connectivity index (χ0n) is 17.0. The summed E-state index contributed by atoms with van der Waals surface area (Å²) in [6.07, 6.45) is 5.79. The van der Waals surface area contributed by atoms with E-state index in [1.54, 1.807) is 12.1 Å². The SMILES string of the molecule is CC(=O)OCCCCCCCC1=C(C=N)NC([N-]Cc2ccc(Cl)c(Cl)c2)NC1=O. The Labute approximate surface area is 187 Å². The van der Waals surface area contributed by atoms with Crippen LogP contribution in [0.15, 0.2) is 29.5 Å². The van der Waals surface area contributed by atoms with Crippen LogP contribution >= 0.6 is 23.2 Å². The number of nitrogens with one attached hydrogen (secondary N) is 3. The quantitative estimate of drug-likeness (QED) is 0.242. The number of nitrogens with zero attached hydrogens (tertiary/aromatic N) is 1. The van der Waals surface area contributed by atoms with Crippen molar-refractivity contribution in [1.82, 2.24) is 10.6 Å². The van der Waals surface area contributed by atoms with Crippen LogP contribution in [0.1, 0.15) is 51.0 Å². The third-order valence-corrected chi connectivity index (χ3v) is 5.36. The molecule has 1 atom stereocenters. The lowest BCUT2D eigenvalue weighted by atomic mass is 10.0. The summed E-state index contributed by atoms with van der Waals surface area (Å²) in [7, 11) is 0. The minimum absolute atomic E-state index is 0.204. The molecule has 3 N–H and O–H groups in total. The Morgan fingerprint density at radius 1 is 1.17 bits per heavy atom. The Hall–Kier alpha value is -2.09. The summed E-state index contributed by atoms with van der Waals surface area (Å²) < 4.78 is 4.90. The molecule has 0 aromatic heterocycles. The summed E-state index contributed by atoms with van der Waals surface area (Å²) in [6.45, 7) is 2.21. The predicted molar refractivity (Wildman–Crippen MR) is 119 cm³/mol. The van der Waals surface area contributed by atoms with E-state index in [-0.39, 0.29) is 11.9 Å². The molecular formula is C21H27Cl2N4O3-. The van der Waals surface area contributed by atoms with Gasteiger partial charge in [-0.25, -0.2) is 0 Å². The highest BCUT2D eigenvalue weighted by molar-refractivity contribution is 6.42. The van der Waals surface area contributed by atoms with E-state index in [9.17, 15) is 9.59 Å². The van der Waals surface area contributed by atoms with Crippen molar-refractivity contribution in [2.75, 3.05) is 6.61 Å². The van der Waals surface area contributed by atoms with E-state index in [0.717, 1.165) is 43.9 Å². The number of hydrogen-bond acceptors (Lipinski definition) is 5. The highest BCUT2D eigenvalue weighted by Crippen LogP contribution is 2.24. The highest BCUT2D eigenvalue weighted by atomic mass is 35.5. The number of carbonyl (C=O) groups excluding carboxylic acids is 2. The first-order valence-electron chi connectivity index (χ1n) is 9.95. The first-order chi connectivity index (χ1) is 14.4. The lowest BCUT2D eigenvalue weighted by Crippen LogP contribution is -2.50. The number of benzene rings is 1. The van der Waals surface area contributed by atoms with E-state index in [1.165, 1.54) is 6.92 Å². The molecule has 0 aliphatic carbocycles. The van der Waals surface area contributed by atoms with Crippen LogP contribution in [-0.2, 0) is 20.9 Å². The largest absolute Gasteiger partial charge is 0.621 e. The molecular weight excluding hydrogens is 427 g/mol. The first-order valence-corrected chi connectivity index (χ1v) is 10.7. The number of amides is 1. The molecule has 9 heteroatoms. The van der Waals surface area contributed by atoms with Crippen LogP contribution in [0.2, 0.25) is 10.0 Å². The maximum absolute atomic E-state index is 12.5. The summed E-state index contributed by atoms with van der Waals surface area (Å²) in [5.74, 6) is -0.455. The molecule has 1 amide bonds. The van der Waals surface area contributed by atoms with Gasteiger partial charge in [-0.15, -0.1) is 6.54 Å². The third-order valence-electron chi connectivity index (χ3n) is 4.62. The highest BCUT2D eigenvalue weighted by Gasteiger charge is 2.20. The summed E-state index contributed by atoms with van der Waals surface area (Å²) in [5, 5.41) is 18.9. The van der Waals surface area contributed by atoms with Gasteiger partial charge in [-0.1, -0.05) is 54.1 Å². The molecule has 30 heavy (non-hydrogen) atoms. The normalized spacial score (nSPS) is 16.1. The van der Waals surface area contributed by atoms with Gasteiger partial charge in [-0.3, -0.25) is 9.59 Å². The lowest BCUT2D eigenvalue weighted by Gasteiger charge is -2.38. The number of esters is 1. The van der Waals surface area contributed by atoms with Crippen molar-refractivity contribution in [3.8, 4) is 0 Å². The second-order valence-electron chi connectivity index (χ2n) is 7.00. The molecule has 1 aromatic carbocycles. The predicted octanol–water partition coefficient (Wildman–Crippen LogP) is 4.68. The smallest absolute Gasteiger partial charge is 0.302 e. The number of hydrogen-bond donors (Lipinski definition) is 3. The molecule has 1 aliphatic heterocycles. The average Bonchev–Trinajstić information content (AvgIpc) is 2.71. The van der Waals surface area contributed by atoms with Gasteiger partial charge in [0.05, 0.1) is 22.3 Å². The number of rotatable bonds is 12. The van der Waals surface area contributed by atoms with Crippen molar-refractivity contribution in [2.24, 2.45) is 0 Å². The second-order valence-corrected chi connectivity index (χ2v) is 7.82. The molecule has 1 aromatic rings. The third kappa shape index (κ3) is 7.97. The van der Waals surface area contributed by atoms with Crippen molar-refractivity contribution >= 4 is 41.3 Å². The number of unbranched alkanes of at least 4 members (excludes halogenated alkanes) is 4. The van der Waals surface area contributed by atoms with Gasteiger partial charge in [0, 0.05) is 25.0 Å². The van der Waals surface area contributed by atoms with Crippen LogP contribution < -0.4 is 10.6 Å². The fourth-order valence-corrected chi connectivity index (χ4v) is 3.38. The molecule has 0 saturated heterocycles. The van der Waals surface area contributed by atoms with Crippen LogP contribution in [-0.4, -0.2) is 31.0 Å². The van der Waals surface area contributed by atoms with E-state index in [1.807, 2.05) is 6.07 Å². The van der Waals surface area contributed by atoms with Gasteiger partial charge in [0.1, 0.15) is 0 Å². The van der Waals surface area contributed by atoms with E-state index in [2.05, 4.69) is 16.0 Å². The van der Waals surface area contributed by atoms with E-state index >= 15 is 0 Å². The fourth-order valence-electron chi connectivity index (χ4n) is 3.06.